The Kier molecular flexibility index (Phi) is 25.3. The van der Waals surface area contributed by atoms with Crippen LogP contribution in [0, 0.1) is 0 Å². The standard InChI is InChI=1S/C22H48NO4.ClH/c1-3-4-5-6-7-8-9-10-11-12-13-14-15-16-17-22-27-23(26-2,18-20-24)19-21-25;/h24-25H,3-22H2,1-2H3;1H/q+1;/p-1. The lowest BCUT2D eigenvalue weighted by atomic mass is 10.0. The van der Waals surface area contributed by atoms with Crippen molar-refractivity contribution in [2.24, 2.45) is 0 Å². The summed E-state index contributed by atoms with van der Waals surface area (Å²) < 4.78 is 0. The lowest BCUT2D eigenvalue weighted by molar-refractivity contribution is -1.24. The summed E-state index contributed by atoms with van der Waals surface area (Å²) in [6, 6.07) is 0. The maximum absolute atomic E-state index is 9.14. The van der Waals surface area contributed by atoms with Gasteiger partial charge in [0.05, 0.1) is 20.3 Å². The summed E-state index contributed by atoms with van der Waals surface area (Å²) in [5.74, 6) is 0. The summed E-state index contributed by atoms with van der Waals surface area (Å²) in [5, 5.41) is 18.3. The number of hydroxylamine groups is 4. The van der Waals surface area contributed by atoms with E-state index < -0.39 is 0 Å². The summed E-state index contributed by atoms with van der Waals surface area (Å²) in [6.45, 7) is 3.52. The summed E-state index contributed by atoms with van der Waals surface area (Å²) in [4.78, 5) is 11.0. The van der Waals surface area contributed by atoms with Gasteiger partial charge in [-0.1, -0.05) is 96.8 Å². The van der Waals surface area contributed by atoms with Crippen molar-refractivity contribution in [1.82, 2.24) is 0 Å². The number of unbranched alkanes of at least 4 members (excludes halogenated alkanes) is 14. The van der Waals surface area contributed by atoms with Crippen LogP contribution in [0.5, 0.6) is 0 Å². The van der Waals surface area contributed by atoms with Gasteiger partial charge in [-0.2, -0.15) is 9.68 Å². The molecule has 0 amide bonds. The fraction of sp³-hybridized carbons (Fsp3) is 1.00. The zero-order valence-electron chi connectivity index (χ0n) is 18.7. The maximum Gasteiger partial charge on any atom is 0.165 e. The van der Waals surface area contributed by atoms with Crippen molar-refractivity contribution in [2.45, 2.75) is 103 Å². The fourth-order valence-corrected chi connectivity index (χ4v) is 3.49. The van der Waals surface area contributed by atoms with E-state index in [1.165, 1.54) is 89.9 Å². The van der Waals surface area contributed by atoms with E-state index in [-0.39, 0.29) is 30.4 Å². The molecule has 2 N–H and O–H groups in total. The van der Waals surface area contributed by atoms with E-state index in [0.29, 0.717) is 19.7 Å². The minimum absolute atomic E-state index is 0. The zero-order chi connectivity index (χ0) is 20.1. The van der Waals surface area contributed by atoms with Crippen molar-refractivity contribution in [3.05, 3.63) is 0 Å². The largest absolute Gasteiger partial charge is 1.00 e. The van der Waals surface area contributed by atoms with Crippen LogP contribution in [0.3, 0.4) is 0 Å². The smallest absolute Gasteiger partial charge is 0.165 e. The van der Waals surface area contributed by atoms with E-state index in [1.807, 2.05) is 0 Å². The highest BCUT2D eigenvalue weighted by molar-refractivity contribution is 4.49. The third kappa shape index (κ3) is 18.1. The predicted molar refractivity (Wildman–Crippen MR) is 112 cm³/mol. The van der Waals surface area contributed by atoms with Crippen molar-refractivity contribution < 1.29 is 37.1 Å². The van der Waals surface area contributed by atoms with Gasteiger partial charge in [0.25, 0.3) is 0 Å². The predicted octanol–water partition coefficient (Wildman–Crippen LogP) is 2.16. The van der Waals surface area contributed by atoms with Crippen LogP contribution in [0.25, 0.3) is 0 Å². The number of halogens is 1. The van der Waals surface area contributed by atoms with Crippen molar-refractivity contribution in [1.29, 1.82) is 0 Å². The molecule has 0 heterocycles. The van der Waals surface area contributed by atoms with Gasteiger partial charge < -0.3 is 22.6 Å². The summed E-state index contributed by atoms with van der Waals surface area (Å²) in [5.41, 5.74) is 0. The van der Waals surface area contributed by atoms with Gasteiger partial charge in [-0.05, 0) is 11.2 Å². The highest BCUT2D eigenvalue weighted by Gasteiger charge is 2.29. The van der Waals surface area contributed by atoms with Gasteiger partial charge in [-0.3, -0.25) is 0 Å². The molecule has 0 rings (SSSR count). The number of hydrogen-bond acceptors (Lipinski definition) is 4. The quantitative estimate of drug-likeness (QED) is 0.158. The Bertz CT molecular complexity index is 290. The Morgan fingerprint density at radius 3 is 1.29 bits per heavy atom. The van der Waals surface area contributed by atoms with Gasteiger partial charge in [0.1, 0.15) is 6.61 Å². The third-order valence-electron chi connectivity index (χ3n) is 5.29. The molecular formula is C22H48ClNO4. The molecule has 0 unspecified atom stereocenters. The molecule has 5 nitrogen and oxygen atoms in total. The lowest BCUT2D eigenvalue weighted by Crippen LogP contribution is -3.00. The topological polar surface area (TPSA) is 58.9 Å². The highest BCUT2D eigenvalue weighted by Crippen LogP contribution is 2.14. The van der Waals surface area contributed by atoms with Gasteiger partial charge in [0.15, 0.2) is 13.1 Å². The molecule has 0 spiro atoms. The van der Waals surface area contributed by atoms with Crippen LogP contribution in [0.4, 0.5) is 0 Å². The molecule has 0 aromatic carbocycles. The maximum atomic E-state index is 9.14. The first-order valence-corrected chi connectivity index (χ1v) is 11.5. The normalized spacial score (nSPS) is 11.6. The van der Waals surface area contributed by atoms with Gasteiger partial charge >= 0.3 is 0 Å². The van der Waals surface area contributed by atoms with Gasteiger partial charge in [0, 0.05) is 0 Å². The van der Waals surface area contributed by atoms with Crippen molar-refractivity contribution in [3.63, 3.8) is 0 Å². The second-order valence-corrected chi connectivity index (χ2v) is 7.67. The molecule has 28 heavy (non-hydrogen) atoms. The van der Waals surface area contributed by atoms with Gasteiger partial charge in [-0.15, -0.1) is 0 Å². The zero-order valence-corrected chi connectivity index (χ0v) is 19.4. The molecule has 0 aliphatic heterocycles. The fourth-order valence-electron chi connectivity index (χ4n) is 3.49. The summed E-state index contributed by atoms with van der Waals surface area (Å²) in [6.07, 6.45) is 20.2. The van der Waals surface area contributed by atoms with E-state index in [0.717, 1.165) is 6.42 Å². The number of aliphatic hydroxyl groups is 2. The van der Waals surface area contributed by atoms with E-state index in [2.05, 4.69) is 6.92 Å². The first-order valence-electron chi connectivity index (χ1n) is 11.5. The summed E-state index contributed by atoms with van der Waals surface area (Å²) in [7, 11) is 1.55. The molecule has 0 aliphatic rings. The number of nitrogens with zero attached hydrogens (tertiary/aromatic N) is 1. The van der Waals surface area contributed by atoms with Crippen LogP contribution in [-0.2, 0) is 9.68 Å². The Morgan fingerprint density at radius 1 is 0.607 bits per heavy atom. The molecule has 0 bridgehead atoms. The van der Waals surface area contributed by atoms with Crippen LogP contribution in [0.1, 0.15) is 103 Å². The Balaban J connectivity index is 0. The number of quaternary nitrogens is 1. The van der Waals surface area contributed by atoms with E-state index in [1.54, 1.807) is 7.11 Å². The van der Waals surface area contributed by atoms with Crippen LogP contribution in [-0.4, -0.2) is 55.0 Å². The molecule has 0 saturated heterocycles. The minimum Gasteiger partial charge on any atom is -1.00 e. The molecule has 0 fully saturated rings. The van der Waals surface area contributed by atoms with Crippen molar-refractivity contribution in [3.8, 4) is 0 Å². The van der Waals surface area contributed by atoms with Gasteiger partial charge in [0.2, 0.25) is 0 Å². The highest BCUT2D eigenvalue weighted by atomic mass is 35.5. The Hall–Kier alpha value is 0.0900. The first-order chi connectivity index (χ1) is 13.2. The van der Waals surface area contributed by atoms with E-state index in [4.69, 9.17) is 19.9 Å². The lowest BCUT2D eigenvalue weighted by Gasteiger charge is -2.30. The van der Waals surface area contributed by atoms with Crippen molar-refractivity contribution in [2.75, 3.05) is 40.0 Å². The second-order valence-electron chi connectivity index (χ2n) is 7.67. The monoisotopic (exact) mass is 425 g/mol. The molecule has 0 aromatic heterocycles. The molecule has 0 saturated carbocycles. The second kappa shape index (κ2) is 23.4. The molecule has 0 aromatic rings. The average molecular weight is 426 g/mol. The van der Waals surface area contributed by atoms with E-state index in [9.17, 15) is 0 Å². The van der Waals surface area contributed by atoms with Crippen LogP contribution in [0.15, 0.2) is 0 Å². The van der Waals surface area contributed by atoms with Crippen LogP contribution < -0.4 is 12.4 Å². The van der Waals surface area contributed by atoms with E-state index >= 15 is 0 Å². The van der Waals surface area contributed by atoms with Gasteiger partial charge in [-0.25, -0.2) is 0 Å². The molecular weight excluding hydrogens is 378 g/mol. The summed E-state index contributed by atoms with van der Waals surface area (Å²) >= 11 is 0. The molecule has 0 atom stereocenters. The third-order valence-corrected chi connectivity index (χ3v) is 5.29. The SMILES string of the molecule is CCCCCCCCCCCCCCCCCO[N+](CCO)(CCO)OC.[Cl-]. The minimum atomic E-state index is -0.119. The Morgan fingerprint density at radius 2 is 0.964 bits per heavy atom. The van der Waals surface area contributed by atoms with Crippen molar-refractivity contribution >= 4 is 0 Å². The average Bonchev–Trinajstić information content (AvgIpc) is 2.68. The molecule has 0 radical (unpaired) electrons. The molecule has 6 heteroatoms. The number of aliphatic hydroxyl groups excluding tert-OH is 2. The van der Waals surface area contributed by atoms with Crippen LogP contribution in [0.2, 0.25) is 0 Å². The van der Waals surface area contributed by atoms with Crippen LogP contribution >= 0.6 is 0 Å². The number of hydrogen-bond donors (Lipinski definition) is 2. The first kappa shape index (κ1) is 30.3. The number of rotatable bonds is 22. The Labute approximate surface area is 180 Å². The molecule has 0 aliphatic carbocycles. The molecule has 172 valence electrons.